The predicted octanol–water partition coefficient (Wildman–Crippen LogP) is 2.11. The molecule has 3 aromatic rings. The van der Waals surface area contributed by atoms with E-state index in [1.54, 1.807) is 18.2 Å². The summed E-state index contributed by atoms with van der Waals surface area (Å²) in [6.45, 7) is 1.93. The topological polar surface area (TPSA) is 98.1 Å². The lowest BCUT2D eigenvalue weighted by Gasteiger charge is -2.28. The van der Waals surface area contributed by atoms with Gasteiger partial charge in [-0.3, -0.25) is 4.90 Å². The van der Waals surface area contributed by atoms with Crippen molar-refractivity contribution in [3.8, 4) is 0 Å². The zero-order valence-corrected chi connectivity index (χ0v) is 15.9. The molecule has 1 aliphatic heterocycles. The number of nitrogens with one attached hydrogen (secondary N) is 3. The van der Waals surface area contributed by atoms with Crippen molar-refractivity contribution in [3.05, 3.63) is 64.3 Å². The molecule has 0 bridgehead atoms. The molecule has 0 aliphatic carbocycles. The lowest BCUT2D eigenvalue weighted by atomic mass is 10.1. The number of rotatable bonds is 6. The Labute approximate surface area is 161 Å². The van der Waals surface area contributed by atoms with Gasteiger partial charge in [0, 0.05) is 12.6 Å². The van der Waals surface area contributed by atoms with Crippen LogP contribution in [0.4, 0.5) is 4.39 Å². The Morgan fingerprint density at radius 3 is 2.43 bits per heavy atom. The highest BCUT2D eigenvalue weighted by Gasteiger charge is 2.26. The number of likely N-dealkylation sites (tertiary alicyclic amines) is 1. The molecule has 1 saturated heterocycles. The largest absolute Gasteiger partial charge is 0.323 e. The second-order valence-electron chi connectivity index (χ2n) is 6.95. The molecule has 2 aromatic carbocycles. The van der Waals surface area contributed by atoms with E-state index < -0.39 is 10.0 Å². The quantitative estimate of drug-likeness (QED) is 0.586. The minimum absolute atomic E-state index is 0.0783. The van der Waals surface area contributed by atoms with Gasteiger partial charge in [0.25, 0.3) is 0 Å². The third-order valence-electron chi connectivity index (χ3n) is 5.10. The van der Waals surface area contributed by atoms with Gasteiger partial charge in [-0.05, 0) is 61.8 Å². The van der Waals surface area contributed by atoms with Crippen molar-refractivity contribution < 1.29 is 12.8 Å². The number of benzene rings is 2. The van der Waals surface area contributed by atoms with Crippen LogP contribution in [0.2, 0.25) is 0 Å². The first-order valence-corrected chi connectivity index (χ1v) is 10.6. The van der Waals surface area contributed by atoms with Crippen molar-refractivity contribution >= 4 is 21.1 Å². The average molecular weight is 404 g/mol. The van der Waals surface area contributed by atoms with Crippen molar-refractivity contribution in [2.45, 2.75) is 23.8 Å². The SMILES string of the molecule is O=c1[nH]c2ccc(S(=O)(=O)NC[C@@H](c3ccc(F)cc3)N3CCCC3)cc2[nH]1. The smallest absolute Gasteiger partial charge is 0.306 e. The molecule has 28 heavy (non-hydrogen) atoms. The number of aromatic nitrogens is 2. The molecular weight excluding hydrogens is 383 g/mol. The van der Waals surface area contributed by atoms with Gasteiger partial charge in [-0.25, -0.2) is 22.3 Å². The van der Waals surface area contributed by atoms with Crippen LogP contribution in [-0.4, -0.2) is 42.9 Å². The maximum atomic E-state index is 13.3. The predicted molar refractivity (Wildman–Crippen MR) is 104 cm³/mol. The molecule has 0 saturated carbocycles. The standard InChI is InChI=1S/C19H21FN4O3S/c20-14-5-3-13(4-6-14)18(24-9-1-2-10-24)12-21-28(26,27)15-7-8-16-17(11-15)23-19(25)22-16/h3-8,11,18,21H,1-2,9-10,12H2,(H2,22,23,25)/t18-/m0/s1. The molecule has 7 nitrogen and oxygen atoms in total. The third-order valence-corrected chi connectivity index (χ3v) is 6.52. The number of imidazole rings is 1. The van der Waals surface area contributed by atoms with Crippen LogP contribution in [0, 0.1) is 5.82 Å². The van der Waals surface area contributed by atoms with E-state index in [0.29, 0.717) is 11.0 Å². The van der Waals surface area contributed by atoms with Gasteiger partial charge in [-0.1, -0.05) is 12.1 Å². The van der Waals surface area contributed by atoms with Crippen LogP contribution in [0.25, 0.3) is 11.0 Å². The van der Waals surface area contributed by atoms with Crippen LogP contribution in [-0.2, 0) is 10.0 Å². The van der Waals surface area contributed by atoms with Crippen molar-refractivity contribution in [2.24, 2.45) is 0 Å². The fraction of sp³-hybridized carbons (Fsp3) is 0.316. The molecule has 3 N–H and O–H groups in total. The average Bonchev–Trinajstić information content (AvgIpc) is 3.31. The Hall–Kier alpha value is -2.49. The molecule has 0 radical (unpaired) electrons. The van der Waals surface area contributed by atoms with E-state index in [2.05, 4.69) is 19.6 Å². The highest BCUT2D eigenvalue weighted by molar-refractivity contribution is 7.89. The van der Waals surface area contributed by atoms with Crippen molar-refractivity contribution in [1.82, 2.24) is 19.6 Å². The molecular formula is C19H21FN4O3S. The van der Waals surface area contributed by atoms with Gasteiger partial charge >= 0.3 is 5.69 Å². The van der Waals surface area contributed by atoms with Crippen molar-refractivity contribution in [1.29, 1.82) is 0 Å². The summed E-state index contributed by atoms with van der Waals surface area (Å²) in [5.74, 6) is -0.321. The number of sulfonamides is 1. The highest BCUT2D eigenvalue weighted by atomic mass is 32.2. The van der Waals surface area contributed by atoms with E-state index in [-0.39, 0.29) is 29.0 Å². The van der Waals surface area contributed by atoms with Crippen LogP contribution in [0.15, 0.2) is 52.2 Å². The summed E-state index contributed by atoms with van der Waals surface area (Å²) in [7, 11) is -3.77. The maximum Gasteiger partial charge on any atom is 0.323 e. The first-order chi connectivity index (χ1) is 13.4. The van der Waals surface area contributed by atoms with Gasteiger partial charge in [0.05, 0.1) is 15.9 Å². The summed E-state index contributed by atoms with van der Waals surface area (Å²) in [6, 6.07) is 10.4. The van der Waals surface area contributed by atoms with Gasteiger partial charge < -0.3 is 9.97 Å². The molecule has 4 rings (SSSR count). The normalized spacial score (nSPS) is 16.6. The summed E-state index contributed by atoms with van der Waals surface area (Å²) in [5, 5.41) is 0. The Morgan fingerprint density at radius 2 is 1.71 bits per heavy atom. The number of nitrogens with zero attached hydrogens (tertiary/aromatic N) is 1. The van der Waals surface area contributed by atoms with E-state index in [9.17, 15) is 17.6 Å². The first-order valence-electron chi connectivity index (χ1n) is 9.14. The van der Waals surface area contributed by atoms with Crippen LogP contribution in [0.3, 0.4) is 0 Å². The lowest BCUT2D eigenvalue weighted by molar-refractivity contribution is 0.246. The Balaban J connectivity index is 1.57. The van der Waals surface area contributed by atoms with E-state index >= 15 is 0 Å². The molecule has 1 aliphatic rings. The van der Waals surface area contributed by atoms with Gasteiger partial charge in [0.1, 0.15) is 5.82 Å². The summed E-state index contributed by atoms with van der Waals surface area (Å²) >= 11 is 0. The van der Waals surface area contributed by atoms with Crippen LogP contribution in [0.5, 0.6) is 0 Å². The van der Waals surface area contributed by atoms with Crippen LogP contribution < -0.4 is 10.4 Å². The molecule has 2 heterocycles. The first kappa shape index (κ1) is 18.9. The minimum Gasteiger partial charge on any atom is -0.306 e. The van der Waals surface area contributed by atoms with Crippen LogP contribution in [0.1, 0.15) is 24.4 Å². The monoisotopic (exact) mass is 404 g/mol. The van der Waals surface area contributed by atoms with Gasteiger partial charge in [-0.15, -0.1) is 0 Å². The van der Waals surface area contributed by atoms with E-state index in [1.807, 2.05) is 0 Å². The second-order valence-corrected chi connectivity index (χ2v) is 8.72. The Bertz CT molecular complexity index is 1130. The molecule has 9 heteroatoms. The molecule has 0 unspecified atom stereocenters. The summed E-state index contributed by atoms with van der Waals surface area (Å²) < 4.78 is 41.6. The lowest BCUT2D eigenvalue weighted by Crippen LogP contribution is -2.36. The van der Waals surface area contributed by atoms with E-state index in [1.165, 1.54) is 24.3 Å². The third kappa shape index (κ3) is 3.87. The number of hydrogen-bond donors (Lipinski definition) is 3. The Morgan fingerprint density at radius 1 is 1.04 bits per heavy atom. The number of aromatic amines is 2. The molecule has 1 fully saturated rings. The van der Waals surface area contributed by atoms with Gasteiger partial charge in [0.2, 0.25) is 10.0 Å². The van der Waals surface area contributed by atoms with Gasteiger partial charge in [0.15, 0.2) is 0 Å². The molecule has 1 atom stereocenters. The van der Waals surface area contributed by atoms with E-state index in [4.69, 9.17) is 0 Å². The van der Waals surface area contributed by atoms with Crippen molar-refractivity contribution in [2.75, 3.05) is 19.6 Å². The molecule has 148 valence electrons. The molecule has 1 aromatic heterocycles. The summed E-state index contributed by atoms with van der Waals surface area (Å²) in [4.78, 5) is 18.8. The molecule has 0 amide bonds. The minimum atomic E-state index is -3.77. The van der Waals surface area contributed by atoms with Crippen LogP contribution >= 0.6 is 0 Å². The summed E-state index contributed by atoms with van der Waals surface area (Å²) in [6.07, 6.45) is 2.12. The summed E-state index contributed by atoms with van der Waals surface area (Å²) in [5.41, 5.74) is 1.46. The highest BCUT2D eigenvalue weighted by Crippen LogP contribution is 2.25. The van der Waals surface area contributed by atoms with Gasteiger partial charge in [-0.2, -0.15) is 0 Å². The number of fused-ring (bicyclic) bond motifs is 1. The second kappa shape index (κ2) is 7.50. The molecule has 0 spiro atoms. The number of H-pyrrole nitrogens is 2. The maximum absolute atomic E-state index is 13.3. The number of hydrogen-bond acceptors (Lipinski definition) is 4. The fourth-order valence-electron chi connectivity index (χ4n) is 3.65. The number of halogens is 1. The Kier molecular flexibility index (Phi) is 5.05. The zero-order valence-electron chi connectivity index (χ0n) is 15.1. The fourth-order valence-corrected chi connectivity index (χ4v) is 4.71. The van der Waals surface area contributed by atoms with E-state index in [0.717, 1.165) is 31.5 Å². The zero-order chi connectivity index (χ0) is 19.7. The van der Waals surface area contributed by atoms with Crippen molar-refractivity contribution in [3.63, 3.8) is 0 Å².